The van der Waals surface area contributed by atoms with Gasteiger partial charge in [0.2, 0.25) is 0 Å². The van der Waals surface area contributed by atoms with Crippen molar-refractivity contribution in [2.75, 3.05) is 31.1 Å². The van der Waals surface area contributed by atoms with Crippen LogP contribution in [0, 0.1) is 17.1 Å². The number of rotatable bonds is 3. The molecule has 1 amide bonds. The zero-order valence-corrected chi connectivity index (χ0v) is 15.8. The second kappa shape index (κ2) is 6.89. The molecular formula is C22H19FN4O2. The Bertz CT molecular complexity index is 1140. The van der Waals surface area contributed by atoms with E-state index in [1.165, 1.54) is 12.1 Å². The Morgan fingerprint density at radius 3 is 2.66 bits per heavy atom. The van der Waals surface area contributed by atoms with E-state index in [1.54, 1.807) is 23.4 Å². The normalized spacial score (nSPS) is 16.8. The minimum atomic E-state index is -0.431. The quantitative estimate of drug-likeness (QED) is 0.682. The van der Waals surface area contributed by atoms with Crippen LogP contribution in [0.5, 0.6) is 0 Å². The minimum absolute atomic E-state index is 0.101. The first-order chi connectivity index (χ1) is 14.1. The van der Waals surface area contributed by atoms with Crippen molar-refractivity contribution in [3.8, 4) is 6.07 Å². The summed E-state index contributed by atoms with van der Waals surface area (Å²) in [6.07, 6.45) is 5.57. The highest BCUT2D eigenvalue weighted by atomic mass is 19.1. The van der Waals surface area contributed by atoms with E-state index >= 15 is 0 Å². The predicted molar refractivity (Wildman–Crippen MR) is 105 cm³/mol. The number of hydrogen-bond donors (Lipinski definition) is 0. The van der Waals surface area contributed by atoms with Crippen LogP contribution < -0.4 is 4.90 Å². The highest BCUT2D eigenvalue weighted by Crippen LogP contribution is 2.42. The van der Waals surface area contributed by atoms with Crippen LogP contribution in [0.25, 0.3) is 11.0 Å². The van der Waals surface area contributed by atoms with Gasteiger partial charge in [0, 0.05) is 55.6 Å². The third-order valence-electron chi connectivity index (χ3n) is 5.60. The van der Waals surface area contributed by atoms with Gasteiger partial charge in [-0.05, 0) is 37.1 Å². The summed E-state index contributed by atoms with van der Waals surface area (Å²) in [6.45, 7) is 2.14. The fourth-order valence-electron chi connectivity index (χ4n) is 3.86. The Labute approximate surface area is 167 Å². The fourth-order valence-corrected chi connectivity index (χ4v) is 3.86. The summed E-state index contributed by atoms with van der Waals surface area (Å²) < 4.78 is 19.7. The average Bonchev–Trinajstić information content (AvgIpc) is 3.51. The molecule has 1 saturated carbocycles. The number of benzene rings is 1. The van der Waals surface area contributed by atoms with Crippen LogP contribution in [-0.4, -0.2) is 42.0 Å². The van der Waals surface area contributed by atoms with E-state index in [2.05, 4.69) is 4.98 Å². The molecule has 2 fully saturated rings. The SMILES string of the molecule is N#Cc1cc(F)cc(N2CCN(C(=O)c3cncc4cc(C5CC5)oc34)CC2)c1. The van der Waals surface area contributed by atoms with Crippen LogP contribution in [0.2, 0.25) is 0 Å². The number of halogens is 1. The molecule has 1 aromatic carbocycles. The van der Waals surface area contributed by atoms with Gasteiger partial charge in [-0.25, -0.2) is 4.39 Å². The second-order valence-corrected chi connectivity index (χ2v) is 7.62. The summed E-state index contributed by atoms with van der Waals surface area (Å²) in [5.41, 5.74) is 2.05. The highest BCUT2D eigenvalue weighted by molar-refractivity contribution is 6.04. The smallest absolute Gasteiger partial charge is 0.259 e. The molecule has 1 aliphatic carbocycles. The summed E-state index contributed by atoms with van der Waals surface area (Å²) in [7, 11) is 0. The largest absolute Gasteiger partial charge is 0.460 e. The first kappa shape index (κ1) is 17.7. The van der Waals surface area contributed by atoms with Gasteiger partial charge < -0.3 is 14.2 Å². The Kier molecular flexibility index (Phi) is 4.20. The molecule has 6 nitrogen and oxygen atoms in total. The van der Waals surface area contributed by atoms with Crippen molar-refractivity contribution in [1.29, 1.82) is 5.26 Å². The molecule has 1 aliphatic heterocycles. The number of amides is 1. The number of fused-ring (bicyclic) bond motifs is 1. The number of carbonyl (C=O) groups excluding carboxylic acids is 1. The average molecular weight is 390 g/mol. The van der Waals surface area contributed by atoms with Gasteiger partial charge in [0.25, 0.3) is 5.91 Å². The van der Waals surface area contributed by atoms with Crippen LogP contribution in [-0.2, 0) is 0 Å². The van der Waals surface area contributed by atoms with Crippen molar-refractivity contribution < 1.29 is 13.6 Å². The number of pyridine rings is 1. The lowest BCUT2D eigenvalue weighted by Crippen LogP contribution is -2.48. The molecule has 1 saturated heterocycles. The van der Waals surface area contributed by atoms with E-state index in [0.29, 0.717) is 54.5 Å². The topological polar surface area (TPSA) is 73.4 Å². The standard InChI is InChI=1S/C22H19FN4O2/c23-17-7-14(11-24)8-18(10-17)26-3-5-27(6-4-26)22(28)19-13-25-12-16-9-20(15-1-2-15)29-21(16)19/h7-10,12-13,15H,1-6H2. The van der Waals surface area contributed by atoms with E-state index in [1.807, 2.05) is 17.0 Å². The van der Waals surface area contributed by atoms with Gasteiger partial charge in [-0.15, -0.1) is 0 Å². The number of hydrogen-bond acceptors (Lipinski definition) is 5. The van der Waals surface area contributed by atoms with E-state index in [-0.39, 0.29) is 5.91 Å². The highest BCUT2D eigenvalue weighted by Gasteiger charge is 2.29. The van der Waals surface area contributed by atoms with Gasteiger partial charge in [0.05, 0.1) is 11.6 Å². The number of aromatic nitrogens is 1. The molecule has 146 valence electrons. The van der Waals surface area contributed by atoms with Crippen molar-refractivity contribution in [3.63, 3.8) is 0 Å². The molecular weight excluding hydrogens is 371 g/mol. The number of nitrogens with zero attached hydrogens (tertiary/aromatic N) is 4. The zero-order valence-electron chi connectivity index (χ0n) is 15.8. The van der Waals surface area contributed by atoms with Gasteiger partial charge in [-0.1, -0.05) is 0 Å². The maximum atomic E-state index is 13.7. The van der Waals surface area contributed by atoms with Crippen molar-refractivity contribution in [2.45, 2.75) is 18.8 Å². The molecule has 0 N–H and O–H groups in total. The van der Waals surface area contributed by atoms with Crippen LogP contribution in [0.4, 0.5) is 10.1 Å². The number of carbonyl (C=O) groups is 1. The zero-order chi connectivity index (χ0) is 20.0. The summed E-state index contributed by atoms with van der Waals surface area (Å²) in [5.74, 6) is 0.876. The third kappa shape index (κ3) is 3.31. The van der Waals surface area contributed by atoms with Gasteiger partial charge >= 0.3 is 0 Å². The Balaban J connectivity index is 1.33. The molecule has 0 radical (unpaired) electrons. The van der Waals surface area contributed by atoms with Gasteiger partial charge in [0.1, 0.15) is 22.7 Å². The summed E-state index contributed by atoms with van der Waals surface area (Å²) >= 11 is 0. The molecule has 3 heterocycles. The van der Waals surface area contributed by atoms with Crippen molar-refractivity contribution >= 4 is 22.6 Å². The molecule has 29 heavy (non-hydrogen) atoms. The van der Waals surface area contributed by atoms with E-state index in [9.17, 15) is 9.18 Å². The van der Waals surface area contributed by atoms with Gasteiger partial charge in [-0.3, -0.25) is 9.78 Å². The molecule has 2 aromatic heterocycles. The maximum absolute atomic E-state index is 13.7. The lowest BCUT2D eigenvalue weighted by molar-refractivity contribution is 0.0747. The third-order valence-corrected chi connectivity index (χ3v) is 5.60. The molecule has 3 aromatic rings. The number of nitriles is 1. The second-order valence-electron chi connectivity index (χ2n) is 7.62. The maximum Gasteiger partial charge on any atom is 0.259 e. The molecule has 0 atom stereocenters. The summed E-state index contributed by atoms with van der Waals surface area (Å²) in [4.78, 5) is 21.1. The Morgan fingerprint density at radius 1 is 1.14 bits per heavy atom. The molecule has 0 unspecified atom stereocenters. The molecule has 7 heteroatoms. The monoisotopic (exact) mass is 390 g/mol. The number of piperazine rings is 1. The first-order valence-electron chi connectivity index (χ1n) is 9.75. The summed E-state index contributed by atoms with van der Waals surface area (Å²) in [5, 5.41) is 9.91. The van der Waals surface area contributed by atoms with E-state index in [0.717, 1.165) is 24.0 Å². The van der Waals surface area contributed by atoms with Crippen molar-refractivity contribution in [1.82, 2.24) is 9.88 Å². The van der Waals surface area contributed by atoms with Gasteiger partial charge in [0.15, 0.2) is 0 Å². The van der Waals surface area contributed by atoms with Crippen LogP contribution in [0.15, 0.2) is 41.1 Å². The van der Waals surface area contributed by atoms with Crippen LogP contribution >= 0.6 is 0 Å². The molecule has 0 spiro atoms. The van der Waals surface area contributed by atoms with E-state index < -0.39 is 5.82 Å². The Morgan fingerprint density at radius 2 is 1.93 bits per heavy atom. The van der Waals surface area contributed by atoms with Crippen LogP contribution in [0.3, 0.4) is 0 Å². The predicted octanol–water partition coefficient (Wildman–Crippen LogP) is 3.68. The minimum Gasteiger partial charge on any atom is -0.460 e. The molecule has 0 bridgehead atoms. The molecule has 2 aliphatic rings. The van der Waals surface area contributed by atoms with Crippen LogP contribution in [0.1, 0.15) is 40.4 Å². The van der Waals surface area contributed by atoms with Crippen molar-refractivity contribution in [2.24, 2.45) is 0 Å². The first-order valence-corrected chi connectivity index (χ1v) is 9.75. The van der Waals surface area contributed by atoms with E-state index in [4.69, 9.17) is 9.68 Å². The number of anilines is 1. The number of furan rings is 1. The lowest BCUT2D eigenvalue weighted by atomic mass is 10.1. The lowest BCUT2D eigenvalue weighted by Gasteiger charge is -2.36. The summed E-state index contributed by atoms with van der Waals surface area (Å²) in [6, 6.07) is 8.28. The fraction of sp³-hybridized carbons (Fsp3) is 0.318. The molecule has 5 rings (SSSR count). The van der Waals surface area contributed by atoms with Crippen molar-refractivity contribution in [3.05, 3.63) is 59.4 Å². The van der Waals surface area contributed by atoms with Gasteiger partial charge in [-0.2, -0.15) is 5.26 Å². The Hall–Kier alpha value is -3.40.